The van der Waals surface area contributed by atoms with E-state index in [9.17, 15) is 8.42 Å². The van der Waals surface area contributed by atoms with Gasteiger partial charge in [-0.3, -0.25) is 0 Å². The second-order valence-electron chi connectivity index (χ2n) is 4.33. The lowest BCUT2D eigenvalue weighted by Crippen LogP contribution is -2.24. The van der Waals surface area contributed by atoms with Crippen LogP contribution in [-0.2, 0) is 16.6 Å². The van der Waals surface area contributed by atoms with Crippen LogP contribution in [-0.4, -0.2) is 8.42 Å². The van der Waals surface area contributed by atoms with E-state index in [2.05, 4.69) is 4.72 Å². The molecule has 0 fully saturated rings. The maximum atomic E-state index is 12.2. The molecule has 0 aliphatic heterocycles. The van der Waals surface area contributed by atoms with E-state index in [-0.39, 0.29) is 16.5 Å². The lowest BCUT2D eigenvalue weighted by atomic mass is 10.1. The third-order valence-electron chi connectivity index (χ3n) is 2.90. The van der Waals surface area contributed by atoms with Crippen LogP contribution in [0.4, 0.5) is 0 Å². The van der Waals surface area contributed by atoms with Gasteiger partial charge in [0.15, 0.2) is 0 Å². The van der Waals surface area contributed by atoms with Gasteiger partial charge < -0.3 is 0 Å². The van der Waals surface area contributed by atoms with E-state index in [1.807, 2.05) is 31.2 Å². The molecule has 2 aromatic rings. The maximum absolute atomic E-state index is 12.2. The van der Waals surface area contributed by atoms with Gasteiger partial charge in [-0.05, 0) is 36.2 Å². The third kappa shape index (κ3) is 3.52. The maximum Gasteiger partial charge on any atom is 0.242 e. The molecule has 20 heavy (non-hydrogen) atoms. The SMILES string of the molecule is Cc1ccccc1CNS(=O)(=O)c1cc(Cl)ccc1Cl. The van der Waals surface area contributed by atoms with Crippen molar-refractivity contribution in [2.45, 2.75) is 18.4 Å². The van der Waals surface area contributed by atoms with Crippen molar-refractivity contribution >= 4 is 33.2 Å². The van der Waals surface area contributed by atoms with Crippen LogP contribution < -0.4 is 4.72 Å². The van der Waals surface area contributed by atoms with E-state index in [1.54, 1.807) is 6.07 Å². The minimum atomic E-state index is -3.69. The minimum absolute atomic E-state index is 0.0137. The molecular weight excluding hydrogens is 317 g/mol. The third-order valence-corrected chi connectivity index (χ3v) is 5.01. The smallest absolute Gasteiger partial charge is 0.207 e. The van der Waals surface area contributed by atoms with Gasteiger partial charge in [0.25, 0.3) is 0 Å². The molecule has 0 heterocycles. The zero-order chi connectivity index (χ0) is 14.8. The van der Waals surface area contributed by atoms with Gasteiger partial charge in [0.1, 0.15) is 4.90 Å². The van der Waals surface area contributed by atoms with Gasteiger partial charge in [-0.25, -0.2) is 13.1 Å². The quantitative estimate of drug-likeness (QED) is 0.927. The van der Waals surface area contributed by atoms with E-state index < -0.39 is 10.0 Å². The summed E-state index contributed by atoms with van der Waals surface area (Å²) in [6.07, 6.45) is 0. The van der Waals surface area contributed by atoms with Crippen LogP contribution in [0.2, 0.25) is 10.0 Å². The van der Waals surface area contributed by atoms with Crippen molar-refractivity contribution in [2.24, 2.45) is 0 Å². The lowest BCUT2D eigenvalue weighted by Gasteiger charge is -2.10. The number of rotatable bonds is 4. The molecule has 0 aliphatic carbocycles. The molecule has 0 unspecified atom stereocenters. The summed E-state index contributed by atoms with van der Waals surface area (Å²) in [6, 6.07) is 11.9. The largest absolute Gasteiger partial charge is 0.242 e. The molecule has 0 atom stereocenters. The molecule has 0 spiro atoms. The van der Waals surface area contributed by atoms with Crippen LogP contribution >= 0.6 is 23.2 Å². The molecule has 0 saturated heterocycles. The van der Waals surface area contributed by atoms with Crippen molar-refractivity contribution in [1.82, 2.24) is 4.72 Å². The minimum Gasteiger partial charge on any atom is -0.207 e. The highest BCUT2D eigenvalue weighted by Crippen LogP contribution is 2.25. The fourth-order valence-corrected chi connectivity index (χ4v) is 3.51. The Balaban J connectivity index is 2.24. The first-order valence-electron chi connectivity index (χ1n) is 5.89. The van der Waals surface area contributed by atoms with E-state index in [4.69, 9.17) is 23.2 Å². The number of hydrogen-bond acceptors (Lipinski definition) is 2. The number of aryl methyl sites for hydroxylation is 1. The molecular formula is C14H13Cl2NO2S. The molecule has 1 N–H and O–H groups in total. The highest BCUT2D eigenvalue weighted by molar-refractivity contribution is 7.89. The molecule has 0 saturated carbocycles. The number of nitrogens with one attached hydrogen (secondary N) is 1. The van der Waals surface area contributed by atoms with Crippen molar-refractivity contribution in [2.75, 3.05) is 0 Å². The molecule has 0 radical (unpaired) electrons. The van der Waals surface area contributed by atoms with Crippen LogP contribution in [0.1, 0.15) is 11.1 Å². The van der Waals surface area contributed by atoms with Crippen molar-refractivity contribution < 1.29 is 8.42 Å². The topological polar surface area (TPSA) is 46.2 Å². The van der Waals surface area contributed by atoms with Crippen LogP contribution in [0, 0.1) is 6.92 Å². The molecule has 6 heteroatoms. The molecule has 2 rings (SSSR count). The summed E-state index contributed by atoms with van der Waals surface area (Å²) in [5.41, 5.74) is 1.93. The summed E-state index contributed by atoms with van der Waals surface area (Å²) in [6.45, 7) is 2.13. The monoisotopic (exact) mass is 329 g/mol. The Bertz CT molecular complexity index is 730. The Labute approximate surface area is 128 Å². The number of halogens is 2. The lowest BCUT2D eigenvalue weighted by molar-refractivity contribution is 0.581. The number of benzene rings is 2. The Morgan fingerprint density at radius 2 is 1.80 bits per heavy atom. The molecule has 0 amide bonds. The van der Waals surface area contributed by atoms with Crippen molar-refractivity contribution in [3.8, 4) is 0 Å². The van der Waals surface area contributed by atoms with E-state index >= 15 is 0 Å². The van der Waals surface area contributed by atoms with E-state index in [0.29, 0.717) is 5.02 Å². The average Bonchev–Trinajstić information content (AvgIpc) is 2.40. The second kappa shape index (κ2) is 6.14. The molecule has 2 aromatic carbocycles. The van der Waals surface area contributed by atoms with Crippen LogP contribution in [0.25, 0.3) is 0 Å². The number of sulfonamides is 1. The summed E-state index contributed by atoms with van der Waals surface area (Å²) in [5.74, 6) is 0. The second-order valence-corrected chi connectivity index (χ2v) is 6.90. The molecule has 0 aliphatic rings. The van der Waals surface area contributed by atoms with Crippen molar-refractivity contribution in [1.29, 1.82) is 0 Å². The summed E-state index contributed by atoms with van der Waals surface area (Å²) >= 11 is 11.7. The average molecular weight is 330 g/mol. The predicted molar refractivity (Wildman–Crippen MR) is 81.7 cm³/mol. The molecule has 0 aromatic heterocycles. The van der Waals surface area contributed by atoms with Gasteiger partial charge in [0.05, 0.1) is 5.02 Å². The van der Waals surface area contributed by atoms with Gasteiger partial charge in [-0.15, -0.1) is 0 Å². The summed E-state index contributed by atoms with van der Waals surface area (Å²) in [4.78, 5) is -0.0137. The van der Waals surface area contributed by atoms with Crippen LogP contribution in [0.3, 0.4) is 0 Å². The Kier molecular flexibility index (Phi) is 4.70. The van der Waals surface area contributed by atoms with Crippen molar-refractivity contribution in [3.63, 3.8) is 0 Å². The molecule has 3 nitrogen and oxygen atoms in total. The predicted octanol–water partition coefficient (Wildman–Crippen LogP) is 3.78. The van der Waals surface area contributed by atoms with E-state index in [0.717, 1.165) is 11.1 Å². The van der Waals surface area contributed by atoms with Gasteiger partial charge in [0.2, 0.25) is 10.0 Å². The first-order chi connectivity index (χ1) is 9.40. The highest BCUT2D eigenvalue weighted by atomic mass is 35.5. The zero-order valence-corrected chi connectivity index (χ0v) is 13.1. The Hall–Kier alpha value is -1.07. The fraction of sp³-hybridized carbons (Fsp3) is 0.143. The number of hydrogen-bond donors (Lipinski definition) is 1. The molecule has 0 bridgehead atoms. The molecule has 106 valence electrons. The van der Waals surface area contributed by atoms with Gasteiger partial charge in [-0.2, -0.15) is 0 Å². The highest BCUT2D eigenvalue weighted by Gasteiger charge is 2.18. The standard InChI is InChI=1S/C14H13Cl2NO2S/c1-10-4-2-3-5-11(10)9-17-20(18,19)14-8-12(15)6-7-13(14)16/h2-8,17H,9H2,1H3. The van der Waals surface area contributed by atoms with E-state index in [1.165, 1.54) is 12.1 Å². The Morgan fingerprint density at radius 3 is 2.50 bits per heavy atom. The van der Waals surface area contributed by atoms with Crippen molar-refractivity contribution in [3.05, 3.63) is 63.6 Å². The van der Waals surface area contributed by atoms with Crippen LogP contribution in [0.15, 0.2) is 47.4 Å². The summed E-state index contributed by atoms with van der Waals surface area (Å²) < 4.78 is 27.0. The summed E-state index contributed by atoms with van der Waals surface area (Å²) in [5, 5.41) is 0.470. The first-order valence-corrected chi connectivity index (χ1v) is 8.13. The summed E-state index contributed by atoms with van der Waals surface area (Å²) in [7, 11) is -3.69. The normalized spacial score (nSPS) is 11.6. The van der Waals surface area contributed by atoms with Gasteiger partial charge in [0, 0.05) is 11.6 Å². The first kappa shape index (κ1) is 15.3. The van der Waals surface area contributed by atoms with Crippen LogP contribution in [0.5, 0.6) is 0 Å². The van der Waals surface area contributed by atoms with Gasteiger partial charge >= 0.3 is 0 Å². The zero-order valence-electron chi connectivity index (χ0n) is 10.7. The fourth-order valence-electron chi connectivity index (χ4n) is 1.74. The van der Waals surface area contributed by atoms with Gasteiger partial charge in [-0.1, -0.05) is 47.5 Å². The Morgan fingerprint density at radius 1 is 1.10 bits per heavy atom.